The Labute approximate surface area is 127 Å². The van der Waals surface area contributed by atoms with Gasteiger partial charge in [0.2, 0.25) is 5.91 Å². The molecule has 0 aliphatic carbocycles. The molecule has 0 saturated carbocycles. The normalized spacial score (nSPS) is 17.2. The smallest absolute Gasteiger partial charge is 0.234 e. The number of amides is 1. The third-order valence-corrected chi connectivity index (χ3v) is 4.91. The van der Waals surface area contributed by atoms with E-state index in [0.29, 0.717) is 0 Å². The Bertz CT molecular complexity index is 705. The van der Waals surface area contributed by atoms with Crippen LogP contribution in [-0.2, 0) is 10.2 Å². The number of thiophene rings is 1. The van der Waals surface area contributed by atoms with Gasteiger partial charge in [-0.05, 0) is 43.2 Å². The van der Waals surface area contributed by atoms with Crippen molar-refractivity contribution in [3.05, 3.63) is 45.6 Å². The van der Waals surface area contributed by atoms with Gasteiger partial charge < -0.3 is 15.2 Å². The molecule has 1 amide bonds. The molecule has 1 atom stereocenters. The van der Waals surface area contributed by atoms with E-state index in [0.717, 1.165) is 27.4 Å². The highest BCUT2D eigenvalue weighted by Crippen LogP contribution is 2.40. The van der Waals surface area contributed by atoms with Crippen LogP contribution in [0.25, 0.3) is 0 Å². The number of carbonyl (C=O) groups excluding carboxylic acids is 1. The zero-order chi connectivity index (χ0) is 15.2. The molecular weight excluding hydrogens is 286 g/mol. The second-order valence-corrected chi connectivity index (χ2v) is 6.62. The van der Waals surface area contributed by atoms with Gasteiger partial charge in [0.05, 0.1) is 12.5 Å². The summed E-state index contributed by atoms with van der Waals surface area (Å²) in [6, 6.07) is 7.43. The van der Waals surface area contributed by atoms with Gasteiger partial charge in [0.1, 0.15) is 11.9 Å². The lowest BCUT2D eigenvalue weighted by molar-refractivity contribution is -0.119. The molecule has 0 spiro atoms. The lowest BCUT2D eigenvalue weighted by atomic mass is 9.85. The fourth-order valence-corrected chi connectivity index (χ4v) is 3.37. The van der Waals surface area contributed by atoms with Crippen molar-refractivity contribution in [1.29, 1.82) is 0 Å². The van der Waals surface area contributed by atoms with Crippen LogP contribution in [0.5, 0.6) is 5.75 Å². The first kappa shape index (κ1) is 14.1. The molecule has 1 unspecified atom stereocenters. The number of ether oxygens (including phenoxy) is 1. The van der Waals surface area contributed by atoms with E-state index in [1.54, 1.807) is 7.11 Å². The maximum absolute atomic E-state index is 12.0. The molecule has 2 aromatic rings. The third kappa shape index (κ3) is 2.22. The fourth-order valence-electron chi connectivity index (χ4n) is 2.51. The number of rotatable bonds is 3. The second kappa shape index (κ2) is 4.86. The van der Waals surface area contributed by atoms with Crippen LogP contribution in [0.2, 0.25) is 0 Å². The molecule has 0 saturated heterocycles. The topological polar surface area (TPSA) is 58.6 Å². The van der Waals surface area contributed by atoms with Crippen LogP contribution in [0.15, 0.2) is 29.6 Å². The standard InChI is InChI=1S/C16H17NO3S/c1-16(2)11-6-9(4-5-12(11)17-15(16)19)14(18)13-7-10(20-3)8-21-13/h4-8,14,18H,1-3H3,(H,17,19). The molecule has 110 valence electrons. The van der Waals surface area contributed by atoms with E-state index in [9.17, 15) is 9.90 Å². The third-order valence-electron chi connectivity index (χ3n) is 3.95. The Balaban J connectivity index is 1.98. The molecule has 1 aliphatic rings. The van der Waals surface area contributed by atoms with Crippen molar-refractivity contribution in [2.45, 2.75) is 25.4 Å². The molecule has 2 N–H and O–H groups in total. The molecule has 1 aromatic carbocycles. The van der Waals surface area contributed by atoms with Crippen molar-refractivity contribution in [2.75, 3.05) is 12.4 Å². The number of aliphatic hydroxyl groups excluding tert-OH is 1. The second-order valence-electron chi connectivity index (χ2n) is 5.68. The highest BCUT2D eigenvalue weighted by atomic mass is 32.1. The van der Waals surface area contributed by atoms with Gasteiger partial charge in [-0.3, -0.25) is 4.79 Å². The summed E-state index contributed by atoms with van der Waals surface area (Å²) in [5.74, 6) is 0.731. The first-order valence-corrected chi connectivity index (χ1v) is 7.58. The fraction of sp³-hybridized carbons (Fsp3) is 0.312. The van der Waals surface area contributed by atoms with Gasteiger partial charge in [0.15, 0.2) is 0 Å². The SMILES string of the molecule is COc1csc(C(O)c2ccc3c(c2)C(C)(C)C(=O)N3)c1. The van der Waals surface area contributed by atoms with Crippen LogP contribution in [0.3, 0.4) is 0 Å². The van der Waals surface area contributed by atoms with E-state index >= 15 is 0 Å². The number of carbonyl (C=O) groups is 1. The van der Waals surface area contributed by atoms with Crippen molar-refractivity contribution in [2.24, 2.45) is 0 Å². The van der Waals surface area contributed by atoms with Crippen LogP contribution < -0.4 is 10.1 Å². The molecule has 1 aliphatic heterocycles. The Hall–Kier alpha value is -1.85. The predicted molar refractivity (Wildman–Crippen MR) is 83.0 cm³/mol. The molecule has 0 bridgehead atoms. The maximum atomic E-state index is 12.0. The Morgan fingerprint density at radius 2 is 2.10 bits per heavy atom. The van der Waals surface area contributed by atoms with Gasteiger partial charge in [0.25, 0.3) is 0 Å². The molecule has 21 heavy (non-hydrogen) atoms. The summed E-state index contributed by atoms with van der Waals surface area (Å²) in [4.78, 5) is 12.8. The van der Waals surface area contributed by atoms with Gasteiger partial charge in [0, 0.05) is 15.9 Å². The van der Waals surface area contributed by atoms with Crippen LogP contribution in [0.4, 0.5) is 5.69 Å². The number of fused-ring (bicyclic) bond motifs is 1. The average molecular weight is 303 g/mol. The lowest BCUT2D eigenvalue weighted by Crippen LogP contribution is -2.26. The number of methoxy groups -OCH3 is 1. The maximum Gasteiger partial charge on any atom is 0.234 e. The van der Waals surface area contributed by atoms with E-state index < -0.39 is 11.5 Å². The number of benzene rings is 1. The predicted octanol–water partition coefficient (Wildman–Crippen LogP) is 3.07. The monoisotopic (exact) mass is 303 g/mol. The van der Waals surface area contributed by atoms with Gasteiger partial charge in [-0.2, -0.15) is 0 Å². The van der Waals surface area contributed by atoms with Gasteiger partial charge >= 0.3 is 0 Å². The summed E-state index contributed by atoms with van der Waals surface area (Å²) in [5.41, 5.74) is 1.96. The first-order valence-electron chi connectivity index (χ1n) is 6.70. The van der Waals surface area contributed by atoms with Crippen LogP contribution >= 0.6 is 11.3 Å². The minimum absolute atomic E-state index is 0.0121. The van der Waals surface area contributed by atoms with Crippen molar-refractivity contribution in [1.82, 2.24) is 0 Å². The van der Waals surface area contributed by atoms with Crippen molar-refractivity contribution in [3.63, 3.8) is 0 Å². The molecule has 5 heteroatoms. The minimum atomic E-state index is -0.712. The number of hydrogen-bond donors (Lipinski definition) is 2. The van der Waals surface area contributed by atoms with E-state index in [-0.39, 0.29) is 5.91 Å². The highest BCUT2D eigenvalue weighted by Gasteiger charge is 2.38. The number of hydrogen-bond acceptors (Lipinski definition) is 4. The molecule has 3 rings (SSSR count). The quantitative estimate of drug-likeness (QED) is 0.916. The van der Waals surface area contributed by atoms with Gasteiger partial charge in [-0.1, -0.05) is 6.07 Å². The van der Waals surface area contributed by atoms with Crippen molar-refractivity contribution < 1.29 is 14.6 Å². The number of nitrogens with one attached hydrogen (secondary N) is 1. The van der Waals surface area contributed by atoms with Crippen LogP contribution in [0, 0.1) is 0 Å². The zero-order valence-corrected chi connectivity index (χ0v) is 13.0. The Kier molecular flexibility index (Phi) is 3.26. The van der Waals surface area contributed by atoms with Gasteiger partial charge in [-0.25, -0.2) is 0 Å². The molecule has 1 aromatic heterocycles. The molecule has 2 heterocycles. The summed E-state index contributed by atoms with van der Waals surface area (Å²) in [7, 11) is 1.60. The Morgan fingerprint density at radius 1 is 1.33 bits per heavy atom. The van der Waals surface area contributed by atoms with Gasteiger partial charge in [-0.15, -0.1) is 11.3 Å². The van der Waals surface area contributed by atoms with Crippen molar-refractivity contribution in [3.8, 4) is 5.75 Å². The highest BCUT2D eigenvalue weighted by molar-refractivity contribution is 7.10. The van der Waals surface area contributed by atoms with E-state index in [1.165, 1.54) is 11.3 Å². The average Bonchev–Trinajstić information content (AvgIpc) is 3.02. The summed E-state index contributed by atoms with van der Waals surface area (Å²) in [5, 5.41) is 15.2. The Morgan fingerprint density at radius 3 is 2.76 bits per heavy atom. The lowest BCUT2D eigenvalue weighted by Gasteiger charge is -2.17. The molecule has 0 radical (unpaired) electrons. The summed E-state index contributed by atoms with van der Waals surface area (Å²) in [6.45, 7) is 3.77. The number of anilines is 1. The molecule has 0 fully saturated rings. The largest absolute Gasteiger partial charge is 0.496 e. The van der Waals surface area contributed by atoms with E-state index in [2.05, 4.69) is 5.32 Å². The summed E-state index contributed by atoms with van der Waals surface area (Å²) < 4.78 is 5.15. The summed E-state index contributed by atoms with van der Waals surface area (Å²) in [6.07, 6.45) is -0.712. The zero-order valence-electron chi connectivity index (χ0n) is 12.1. The number of aliphatic hydroxyl groups is 1. The summed E-state index contributed by atoms with van der Waals surface area (Å²) >= 11 is 1.45. The van der Waals surface area contributed by atoms with E-state index in [1.807, 2.05) is 43.5 Å². The molecule has 4 nitrogen and oxygen atoms in total. The molecular formula is C16H17NO3S. The van der Waals surface area contributed by atoms with Crippen LogP contribution in [-0.4, -0.2) is 18.1 Å². The van der Waals surface area contributed by atoms with E-state index in [4.69, 9.17) is 4.74 Å². The van der Waals surface area contributed by atoms with Crippen molar-refractivity contribution >= 4 is 22.9 Å². The van der Waals surface area contributed by atoms with Crippen LogP contribution in [0.1, 0.15) is 36.0 Å². The first-order chi connectivity index (χ1) is 9.93. The minimum Gasteiger partial charge on any atom is -0.496 e.